The van der Waals surface area contributed by atoms with Crippen LogP contribution in [0, 0.1) is 19.7 Å². The molecule has 2 aromatic rings. The largest absolute Gasteiger partial charge is 0.292 e. The van der Waals surface area contributed by atoms with E-state index in [1.54, 1.807) is 31.3 Å². The van der Waals surface area contributed by atoms with Gasteiger partial charge in [-0.1, -0.05) is 18.2 Å². The zero-order valence-electron chi connectivity index (χ0n) is 10.4. The fourth-order valence-corrected chi connectivity index (χ4v) is 1.73. The lowest BCUT2D eigenvalue weighted by Gasteiger charge is -2.03. The zero-order chi connectivity index (χ0) is 13.1. The normalized spacial score (nSPS) is 10.4. The summed E-state index contributed by atoms with van der Waals surface area (Å²) in [6, 6.07) is 8.29. The first kappa shape index (κ1) is 12.4. The minimum atomic E-state index is -0.250. The number of rotatable bonds is 3. The highest BCUT2D eigenvalue weighted by atomic mass is 19.1. The monoisotopic (exact) mass is 243 g/mol. The van der Waals surface area contributed by atoms with Crippen LogP contribution in [0.2, 0.25) is 0 Å². The molecule has 2 rings (SSSR count). The molecule has 18 heavy (non-hydrogen) atoms. The van der Waals surface area contributed by atoms with E-state index in [9.17, 15) is 9.18 Å². The van der Waals surface area contributed by atoms with E-state index in [1.807, 2.05) is 13.0 Å². The van der Waals surface area contributed by atoms with Crippen molar-refractivity contribution in [3.63, 3.8) is 0 Å². The zero-order valence-corrected chi connectivity index (χ0v) is 10.4. The molecule has 0 atom stereocenters. The van der Waals surface area contributed by atoms with Crippen LogP contribution in [0.5, 0.6) is 0 Å². The summed E-state index contributed by atoms with van der Waals surface area (Å²) in [7, 11) is 0. The molecule has 0 fully saturated rings. The Balaban J connectivity index is 2.16. The average molecular weight is 243 g/mol. The van der Waals surface area contributed by atoms with E-state index in [-0.39, 0.29) is 18.0 Å². The summed E-state index contributed by atoms with van der Waals surface area (Å²) in [5, 5.41) is 0. The van der Waals surface area contributed by atoms with E-state index in [0.29, 0.717) is 11.3 Å². The van der Waals surface area contributed by atoms with Crippen molar-refractivity contribution in [2.45, 2.75) is 20.3 Å². The Morgan fingerprint density at radius 2 is 2.00 bits per heavy atom. The van der Waals surface area contributed by atoms with Crippen LogP contribution in [0.15, 0.2) is 36.5 Å². The maximum absolute atomic E-state index is 13.1. The van der Waals surface area contributed by atoms with Gasteiger partial charge < -0.3 is 0 Å². The van der Waals surface area contributed by atoms with E-state index < -0.39 is 0 Å². The van der Waals surface area contributed by atoms with Crippen LogP contribution < -0.4 is 0 Å². The van der Waals surface area contributed by atoms with Gasteiger partial charge in [-0.2, -0.15) is 0 Å². The Labute approximate surface area is 105 Å². The van der Waals surface area contributed by atoms with E-state index in [1.165, 1.54) is 6.07 Å². The third-order valence-electron chi connectivity index (χ3n) is 2.78. The molecular formula is C15H14FNO. The lowest BCUT2D eigenvalue weighted by molar-refractivity contribution is 0.0988. The molecule has 0 saturated heterocycles. The molecule has 3 heteroatoms. The molecule has 0 saturated carbocycles. The van der Waals surface area contributed by atoms with Gasteiger partial charge in [0.2, 0.25) is 0 Å². The SMILES string of the molecule is Cc1ccc(C(=O)Cc2ccc(F)c(C)c2)nc1. The van der Waals surface area contributed by atoms with Crippen molar-refractivity contribution in [2.75, 3.05) is 0 Å². The summed E-state index contributed by atoms with van der Waals surface area (Å²) in [6.07, 6.45) is 1.92. The third-order valence-corrected chi connectivity index (χ3v) is 2.78. The molecule has 0 aliphatic heterocycles. The summed E-state index contributed by atoms with van der Waals surface area (Å²) in [6.45, 7) is 3.61. The molecule has 0 bridgehead atoms. The predicted octanol–water partition coefficient (Wildman–Crippen LogP) is 3.26. The number of halogens is 1. The van der Waals surface area contributed by atoms with Gasteiger partial charge in [-0.3, -0.25) is 9.78 Å². The van der Waals surface area contributed by atoms with E-state index in [4.69, 9.17) is 0 Å². The number of ketones is 1. The molecule has 0 N–H and O–H groups in total. The number of carbonyl (C=O) groups excluding carboxylic acids is 1. The van der Waals surface area contributed by atoms with Gasteiger partial charge in [0.25, 0.3) is 0 Å². The lowest BCUT2D eigenvalue weighted by atomic mass is 10.0. The van der Waals surface area contributed by atoms with Gasteiger partial charge in [-0.05, 0) is 42.7 Å². The molecule has 0 aliphatic carbocycles. The number of aromatic nitrogens is 1. The number of aryl methyl sites for hydroxylation is 2. The second kappa shape index (κ2) is 5.08. The highest BCUT2D eigenvalue weighted by Gasteiger charge is 2.09. The summed E-state index contributed by atoms with van der Waals surface area (Å²) >= 11 is 0. The van der Waals surface area contributed by atoms with Crippen LogP contribution in [0.4, 0.5) is 4.39 Å². The molecule has 1 heterocycles. The molecule has 1 aromatic carbocycles. The Bertz CT molecular complexity index is 576. The fraction of sp³-hybridized carbons (Fsp3) is 0.200. The number of benzene rings is 1. The van der Waals surface area contributed by atoms with Crippen LogP contribution in [0.3, 0.4) is 0 Å². The van der Waals surface area contributed by atoms with Crippen LogP contribution >= 0.6 is 0 Å². The molecule has 2 nitrogen and oxygen atoms in total. The van der Waals surface area contributed by atoms with Crippen LogP contribution in [0.1, 0.15) is 27.2 Å². The standard InChI is InChI=1S/C15H14FNO/c1-10-3-6-14(17-9-10)15(18)8-12-4-5-13(16)11(2)7-12/h3-7,9H,8H2,1-2H3. The molecule has 1 aromatic heterocycles. The van der Waals surface area contributed by atoms with Gasteiger partial charge in [-0.25, -0.2) is 4.39 Å². The quantitative estimate of drug-likeness (QED) is 0.774. The van der Waals surface area contributed by atoms with Crippen molar-refractivity contribution >= 4 is 5.78 Å². The van der Waals surface area contributed by atoms with Crippen LogP contribution in [-0.2, 0) is 6.42 Å². The molecule has 0 spiro atoms. The van der Waals surface area contributed by atoms with Gasteiger partial charge in [0, 0.05) is 12.6 Å². The van der Waals surface area contributed by atoms with Gasteiger partial charge >= 0.3 is 0 Å². The summed E-state index contributed by atoms with van der Waals surface area (Å²) in [4.78, 5) is 16.1. The summed E-state index contributed by atoms with van der Waals surface area (Å²) < 4.78 is 13.1. The number of carbonyl (C=O) groups is 1. The third kappa shape index (κ3) is 2.80. The highest BCUT2D eigenvalue weighted by Crippen LogP contribution is 2.12. The van der Waals surface area contributed by atoms with Crippen LogP contribution in [-0.4, -0.2) is 10.8 Å². The molecular weight excluding hydrogens is 229 g/mol. The molecule has 92 valence electrons. The highest BCUT2D eigenvalue weighted by molar-refractivity contribution is 5.95. The van der Waals surface area contributed by atoms with E-state index in [0.717, 1.165) is 11.1 Å². The van der Waals surface area contributed by atoms with Gasteiger partial charge in [0.05, 0.1) is 0 Å². The smallest absolute Gasteiger partial charge is 0.185 e. The van der Waals surface area contributed by atoms with Crippen molar-refractivity contribution in [2.24, 2.45) is 0 Å². The number of hydrogen-bond acceptors (Lipinski definition) is 2. The first-order valence-corrected chi connectivity index (χ1v) is 5.77. The predicted molar refractivity (Wildman–Crippen MR) is 68.1 cm³/mol. The molecule has 0 unspecified atom stereocenters. The van der Waals surface area contributed by atoms with Crippen LogP contribution in [0.25, 0.3) is 0 Å². The maximum atomic E-state index is 13.1. The number of Topliss-reactive ketones (excluding diaryl/α,β-unsaturated/α-hetero) is 1. The van der Waals surface area contributed by atoms with Gasteiger partial charge in [0.1, 0.15) is 11.5 Å². The van der Waals surface area contributed by atoms with Gasteiger partial charge in [-0.15, -0.1) is 0 Å². The van der Waals surface area contributed by atoms with Crippen molar-refractivity contribution in [3.05, 3.63) is 64.7 Å². The maximum Gasteiger partial charge on any atom is 0.185 e. The Morgan fingerprint density at radius 3 is 2.61 bits per heavy atom. The van der Waals surface area contributed by atoms with Crippen molar-refractivity contribution in [3.8, 4) is 0 Å². The first-order chi connectivity index (χ1) is 8.56. The summed E-state index contributed by atoms with van der Waals surface area (Å²) in [5.41, 5.74) is 2.82. The molecule has 0 radical (unpaired) electrons. The van der Waals surface area contributed by atoms with Crippen molar-refractivity contribution in [1.82, 2.24) is 4.98 Å². The lowest BCUT2D eigenvalue weighted by Crippen LogP contribution is -2.06. The Morgan fingerprint density at radius 1 is 1.22 bits per heavy atom. The first-order valence-electron chi connectivity index (χ1n) is 5.77. The summed E-state index contributed by atoms with van der Waals surface area (Å²) in [5.74, 6) is -0.305. The van der Waals surface area contributed by atoms with Crippen molar-refractivity contribution in [1.29, 1.82) is 0 Å². The number of pyridine rings is 1. The number of hydrogen-bond donors (Lipinski definition) is 0. The number of nitrogens with zero attached hydrogens (tertiary/aromatic N) is 1. The Kier molecular flexibility index (Phi) is 3.51. The average Bonchev–Trinajstić information content (AvgIpc) is 2.34. The fourth-order valence-electron chi connectivity index (χ4n) is 1.73. The van der Waals surface area contributed by atoms with E-state index in [2.05, 4.69) is 4.98 Å². The second-order valence-electron chi connectivity index (χ2n) is 4.40. The molecule has 0 amide bonds. The van der Waals surface area contributed by atoms with E-state index >= 15 is 0 Å². The second-order valence-corrected chi connectivity index (χ2v) is 4.40. The molecule has 0 aliphatic rings. The minimum Gasteiger partial charge on any atom is -0.292 e. The van der Waals surface area contributed by atoms with Gasteiger partial charge in [0.15, 0.2) is 5.78 Å². The topological polar surface area (TPSA) is 30.0 Å². The van der Waals surface area contributed by atoms with Crippen molar-refractivity contribution < 1.29 is 9.18 Å². The Hall–Kier alpha value is -2.03. The minimum absolute atomic E-state index is 0.0546.